The molecule has 0 amide bonds. The Bertz CT molecular complexity index is 2590. The van der Waals surface area contributed by atoms with Crippen LogP contribution in [0.15, 0.2) is 114 Å². The standard InChI is InChI=1S/C60H71NO11S/c1-3-56(63)69-36-11-7-5-9-34-67-48-24-15-42(16-25-48)33-38-71-59(65)45-19-21-46(22-20-45)60(66)72-50-28-32-53-52-31-23-47(44-17-13-43(41-62)14-18-44)39-54(52)58(61-55(53)40-50)73-51-29-26-49(27-30-51)68-35-10-6-8-12-37-70-57(64)4-2/h3-4,15-16,23-26,28-29,31-32,39-41,43-46H,1-2,5-14,17-22,27,30,33-38H2. The molecule has 0 bridgehead atoms. The van der Waals surface area contributed by atoms with Gasteiger partial charge in [-0.1, -0.05) is 49.2 Å². The smallest absolute Gasteiger partial charge is 0.330 e. The second-order valence-electron chi connectivity index (χ2n) is 19.3. The fourth-order valence-electron chi connectivity index (χ4n) is 9.76. The molecule has 1 aromatic heterocycles. The first-order valence-electron chi connectivity index (χ1n) is 26.4. The lowest BCUT2D eigenvalue weighted by molar-refractivity contribution is -0.152. The van der Waals surface area contributed by atoms with E-state index in [2.05, 4.69) is 43.5 Å². The minimum atomic E-state index is -0.389. The van der Waals surface area contributed by atoms with Gasteiger partial charge in [0.1, 0.15) is 22.8 Å². The number of thioether (sulfide) groups is 1. The number of unbranched alkanes of at least 4 members (excludes halogenated alkanes) is 6. The van der Waals surface area contributed by atoms with Crippen LogP contribution in [0.3, 0.4) is 0 Å². The van der Waals surface area contributed by atoms with Crippen LogP contribution in [0.25, 0.3) is 21.7 Å². The van der Waals surface area contributed by atoms with E-state index in [9.17, 15) is 24.0 Å². The first-order valence-corrected chi connectivity index (χ1v) is 27.2. The number of pyridine rings is 1. The number of fused-ring (bicyclic) bond motifs is 3. The van der Waals surface area contributed by atoms with E-state index < -0.39 is 0 Å². The number of rotatable bonds is 28. The van der Waals surface area contributed by atoms with E-state index in [1.54, 1.807) is 11.8 Å². The van der Waals surface area contributed by atoms with Crippen molar-refractivity contribution < 1.29 is 52.4 Å². The molecule has 0 atom stereocenters. The Kier molecular flexibility index (Phi) is 21.6. The van der Waals surface area contributed by atoms with Crippen LogP contribution in [-0.2, 0) is 49.3 Å². The molecule has 0 saturated heterocycles. The molecule has 13 heteroatoms. The van der Waals surface area contributed by atoms with Gasteiger partial charge in [0, 0.05) is 47.8 Å². The number of hydrogen-bond acceptors (Lipinski definition) is 13. The van der Waals surface area contributed by atoms with Crippen LogP contribution in [0.1, 0.15) is 133 Å². The summed E-state index contributed by atoms with van der Waals surface area (Å²) >= 11 is 1.67. The normalized spacial score (nSPS) is 18.7. The SMILES string of the molecule is C=CC(=O)OCCCCCCOC1=CC=C(Sc2nc3cc(OC(=O)C4CCC(C(=O)OCCc5ccc(OCCCCCCOC(=O)C=C)cc5)CC4)ccc3c3ccc(C4CCC(C=O)CC4)cc23)CC1. The fourth-order valence-corrected chi connectivity index (χ4v) is 10.8. The highest BCUT2D eigenvalue weighted by Gasteiger charge is 2.32. The summed E-state index contributed by atoms with van der Waals surface area (Å²) in [7, 11) is 0. The zero-order chi connectivity index (χ0) is 51.2. The van der Waals surface area contributed by atoms with Crippen molar-refractivity contribution in [2.24, 2.45) is 17.8 Å². The molecule has 0 unspecified atom stereocenters. The van der Waals surface area contributed by atoms with Gasteiger partial charge in [0.25, 0.3) is 0 Å². The number of esters is 4. The molecule has 73 heavy (non-hydrogen) atoms. The van der Waals surface area contributed by atoms with Gasteiger partial charge in [-0.15, -0.1) is 0 Å². The molecule has 0 spiro atoms. The van der Waals surface area contributed by atoms with Crippen molar-refractivity contribution in [1.29, 1.82) is 0 Å². The van der Waals surface area contributed by atoms with E-state index in [-0.39, 0.29) is 48.2 Å². The second kappa shape index (κ2) is 28.9. The maximum Gasteiger partial charge on any atom is 0.330 e. The van der Waals surface area contributed by atoms with Crippen molar-refractivity contribution in [1.82, 2.24) is 4.98 Å². The van der Waals surface area contributed by atoms with E-state index in [1.165, 1.54) is 22.6 Å². The number of aromatic nitrogens is 1. The topological polar surface area (TPSA) is 154 Å². The van der Waals surface area contributed by atoms with Crippen LogP contribution >= 0.6 is 11.8 Å². The molecule has 0 N–H and O–H groups in total. The molecule has 3 aromatic carbocycles. The molecule has 12 nitrogen and oxygen atoms in total. The maximum atomic E-state index is 13.6. The Labute approximate surface area is 434 Å². The lowest BCUT2D eigenvalue weighted by Gasteiger charge is -2.26. The van der Waals surface area contributed by atoms with E-state index in [4.69, 9.17) is 33.4 Å². The first-order chi connectivity index (χ1) is 35.7. The Hall–Kier alpha value is -6.21. The molecule has 2 saturated carbocycles. The van der Waals surface area contributed by atoms with Gasteiger partial charge in [-0.2, -0.15) is 0 Å². The zero-order valence-corrected chi connectivity index (χ0v) is 43.0. The van der Waals surface area contributed by atoms with Gasteiger partial charge >= 0.3 is 23.9 Å². The Balaban J connectivity index is 0.892. The van der Waals surface area contributed by atoms with Crippen LogP contribution < -0.4 is 9.47 Å². The predicted molar refractivity (Wildman–Crippen MR) is 284 cm³/mol. The minimum absolute atomic E-state index is 0.147. The van der Waals surface area contributed by atoms with Crippen LogP contribution in [0.5, 0.6) is 11.5 Å². The first kappa shape index (κ1) is 54.6. The van der Waals surface area contributed by atoms with Gasteiger partial charge in [-0.25, -0.2) is 14.6 Å². The van der Waals surface area contributed by atoms with Crippen molar-refractivity contribution in [2.75, 3.05) is 33.0 Å². The highest BCUT2D eigenvalue weighted by atomic mass is 32.2. The van der Waals surface area contributed by atoms with Crippen molar-refractivity contribution in [3.05, 3.63) is 120 Å². The minimum Gasteiger partial charge on any atom is -0.498 e. The number of aldehydes is 1. The van der Waals surface area contributed by atoms with Crippen LogP contribution in [0.4, 0.5) is 0 Å². The molecular weight excluding hydrogens is 943 g/mol. The third-order valence-corrected chi connectivity index (χ3v) is 15.2. The summed E-state index contributed by atoms with van der Waals surface area (Å²) in [4.78, 5) is 67.0. The van der Waals surface area contributed by atoms with Gasteiger partial charge in [0.2, 0.25) is 0 Å². The average molecular weight is 1010 g/mol. The summed E-state index contributed by atoms with van der Waals surface area (Å²) in [5, 5.41) is 4.04. The summed E-state index contributed by atoms with van der Waals surface area (Å²) in [6.45, 7) is 9.17. The highest BCUT2D eigenvalue weighted by molar-refractivity contribution is 8.03. The van der Waals surface area contributed by atoms with Gasteiger partial charge < -0.3 is 33.2 Å². The van der Waals surface area contributed by atoms with E-state index in [1.807, 2.05) is 42.5 Å². The van der Waals surface area contributed by atoms with E-state index >= 15 is 0 Å². The van der Waals surface area contributed by atoms with Gasteiger partial charge in [-0.3, -0.25) is 9.59 Å². The fraction of sp³-hybridized carbons (Fsp3) is 0.467. The van der Waals surface area contributed by atoms with E-state index in [0.717, 1.165) is 140 Å². The number of benzene rings is 3. The summed E-state index contributed by atoms with van der Waals surface area (Å²) in [5.41, 5.74) is 3.07. The Morgan fingerprint density at radius 2 is 1.21 bits per heavy atom. The highest BCUT2D eigenvalue weighted by Crippen LogP contribution is 2.42. The summed E-state index contributed by atoms with van der Waals surface area (Å²) < 4.78 is 33.8. The van der Waals surface area contributed by atoms with Gasteiger partial charge in [-0.05, 0) is 179 Å². The maximum absolute atomic E-state index is 13.6. The molecular formula is C60H71NO11S. The summed E-state index contributed by atoms with van der Waals surface area (Å²) in [5.74, 6) is 0.896. The molecule has 3 aliphatic rings. The van der Waals surface area contributed by atoms with Crippen molar-refractivity contribution in [2.45, 2.75) is 133 Å². The quantitative estimate of drug-likeness (QED) is 0.0101. The summed E-state index contributed by atoms with van der Waals surface area (Å²) in [6.07, 6.45) is 23.3. The lowest BCUT2D eigenvalue weighted by Crippen LogP contribution is -2.29. The molecule has 7 rings (SSSR count). The van der Waals surface area contributed by atoms with E-state index in [0.29, 0.717) is 70.2 Å². The molecule has 1 heterocycles. The lowest BCUT2D eigenvalue weighted by atomic mass is 9.79. The van der Waals surface area contributed by atoms with Crippen molar-refractivity contribution in [3.63, 3.8) is 0 Å². The third-order valence-electron chi connectivity index (χ3n) is 14.1. The number of ether oxygens (including phenoxy) is 6. The van der Waals surface area contributed by atoms with Crippen molar-refractivity contribution in [3.8, 4) is 11.5 Å². The van der Waals surface area contributed by atoms with Crippen molar-refractivity contribution >= 4 is 63.6 Å². The van der Waals surface area contributed by atoms with Gasteiger partial charge in [0.15, 0.2) is 0 Å². The zero-order valence-electron chi connectivity index (χ0n) is 42.2. The van der Waals surface area contributed by atoms with Crippen LogP contribution in [0, 0.1) is 17.8 Å². The number of carbonyl (C=O) groups excluding carboxylic acids is 5. The largest absolute Gasteiger partial charge is 0.498 e. The molecule has 2 fully saturated rings. The second-order valence-corrected chi connectivity index (χ2v) is 20.4. The number of allylic oxidation sites excluding steroid dienone is 4. The predicted octanol–water partition coefficient (Wildman–Crippen LogP) is 13.0. The third kappa shape index (κ3) is 16.9. The molecule has 0 radical (unpaired) electrons. The van der Waals surface area contributed by atoms with Gasteiger partial charge in [0.05, 0.1) is 56.1 Å². The Morgan fingerprint density at radius 1 is 0.589 bits per heavy atom. The van der Waals surface area contributed by atoms with Crippen LogP contribution in [-0.4, -0.2) is 68.2 Å². The monoisotopic (exact) mass is 1010 g/mol. The molecule has 0 aliphatic heterocycles. The number of nitrogens with zero attached hydrogens (tertiary/aromatic N) is 1. The Morgan fingerprint density at radius 3 is 1.84 bits per heavy atom. The van der Waals surface area contributed by atoms with Crippen LogP contribution in [0.2, 0.25) is 0 Å². The molecule has 4 aromatic rings. The number of hydrogen-bond donors (Lipinski definition) is 0. The average Bonchev–Trinajstić information content (AvgIpc) is 3.42. The number of carbonyl (C=O) groups is 5. The molecule has 388 valence electrons. The summed E-state index contributed by atoms with van der Waals surface area (Å²) in [6, 6.07) is 20.3. The molecule has 3 aliphatic carbocycles.